The molecule has 3 heteroatoms. The van der Waals surface area contributed by atoms with Gasteiger partial charge in [0.15, 0.2) is 5.69 Å². The van der Waals surface area contributed by atoms with E-state index in [9.17, 15) is 0 Å². The Kier molecular flexibility index (Phi) is 3.78. The Morgan fingerprint density at radius 2 is 1.46 bits per heavy atom. The van der Waals surface area contributed by atoms with Crippen LogP contribution in [0, 0.1) is 12.1 Å². The third kappa shape index (κ3) is 2.56. The summed E-state index contributed by atoms with van der Waals surface area (Å²) in [5.41, 5.74) is 4.82. The Morgan fingerprint density at radius 3 is 2.08 bits per heavy atom. The summed E-state index contributed by atoms with van der Waals surface area (Å²) in [6.07, 6.45) is 0. The van der Waals surface area contributed by atoms with Gasteiger partial charge in [0.1, 0.15) is 11.8 Å². The van der Waals surface area contributed by atoms with Crippen molar-refractivity contribution in [3.05, 3.63) is 91.0 Å². The standard InChI is InChI=1S/C21H13ClN2/c22-24-20(17-12-6-2-7-13-17)19(16-10-4-1-5-11-16)23-21(24)18-14-8-3-9-15-18/h1-4,6-10,12-15H/p+1. The largest absolute Gasteiger partial charge is 0.305 e. The van der Waals surface area contributed by atoms with Crippen molar-refractivity contribution in [1.29, 1.82) is 0 Å². The molecule has 0 unspecified atom stereocenters. The molecule has 1 heterocycles. The van der Waals surface area contributed by atoms with E-state index in [0.717, 1.165) is 33.9 Å². The van der Waals surface area contributed by atoms with Crippen molar-refractivity contribution in [2.24, 2.45) is 0 Å². The second-order valence-corrected chi connectivity index (χ2v) is 5.76. The average molecular weight is 330 g/mol. The maximum atomic E-state index is 6.71. The Balaban J connectivity index is 1.99. The quantitative estimate of drug-likeness (QED) is 0.551. The number of hydrogen-bond donors (Lipinski definition) is 1. The zero-order valence-electron chi connectivity index (χ0n) is 12.8. The molecule has 1 aromatic heterocycles. The van der Waals surface area contributed by atoms with E-state index < -0.39 is 0 Å². The van der Waals surface area contributed by atoms with Crippen molar-refractivity contribution in [2.75, 3.05) is 0 Å². The van der Waals surface area contributed by atoms with E-state index in [1.807, 2.05) is 78.9 Å². The van der Waals surface area contributed by atoms with Crippen molar-refractivity contribution < 1.29 is 4.09 Å². The molecule has 0 bridgehead atoms. The second kappa shape index (κ2) is 6.23. The van der Waals surface area contributed by atoms with Crippen LogP contribution in [0.25, 0.3) is 33.9 Å². The molecule has 0 saturated heterocycles. The van der Waals surface area contributed by atoms with E-state index in [1.165, 1.54) is 0 Å². The topological polar surface area (TPSA) is 19.7 Å². The number of hydrogen-bond acceptors (Lipinski definition) is 0. The van der Waals surface area contributed by atoms with E-state index in [0.29, 0.717) is 0 Å². The Hall–Kier alpha value is -3.02. The number of rotatable bonds is 3. The maximum Gasteiger partial charge on any atom is 0.305 e. The molecular formula is C21H14ClN2+. The first-order chi connectivity index (χ1) is 11.8. The molecule has 1 N–H and O–H groups in total. The lowest BCUT2D eigenvalue weighted by Gasteiger charge is -1.98. The average Bonchev–Trinajstić information content (AvgIpc) is 3.01. The molecule has 0 fully saturated rings. The molecule has 0 amide bonds. The minimum absolute atomic E-state index is 0.836. The van der Waals surface area contributed by atoms with E-state index in [4.69, 9.17) is 11.8 Å². The van der Waals surface area contributed by atoms with Gasteiger partial charge in [0.25, 0.3) is 0 Å². The molecule has 3 aromatic carbocycles. The van der Waals surface area contributed by atoms with Gasteiger partial charge in [-0.1, -0.05) is 66.7 Å². The SMILES string of the molecule is Cl[n+]1c(-c2ccccc2)[nH]c(-c2c#cccc2)c1-c1ccccc1. The summed E-state index contributed by atoms with van der Waals surface area (Å²) in [7, 11) is 0. The van der Waals surface area contributed by atoms with Crippen LogP contribution in [0.1, 0.15) is 0 Å². The highest BCUT2D eigenvalue weighted by atomic mass is 35.5. The van der Waals surface area contributed by atoms with Gasteiger partial charge in [0, 0.05) is 5.56 Å². The first-order valence-corrected chi connectivity index (χ1v) is 8.02. The van der Waals surface area contributed by atoms with Crippen LogP contribution in [0.5, 0.6) is 0 Å². The third-order valence-corrected chi connectivity index (χ3v) is 4.22. The zero-order valence-corrected chi connectivity index (χ0v) is 13.6. The first-order valence-electron chi connectivity index (χ1n) is 7.68. The highest BCUT2D eigenvalue weighted by Crippen LogP contribution is 2.31. The summed E-state index contributed by atoms with van der Waals surface area (Å²) in [5.74, 6) is 0.836. The predicted molar refractivity (Wildman–Crippen MR) is 96.2 cm³/mol. The number of aromatic nitrogens is 2. The van der Waals surface area contributed by atoms with Crippen LogP contribution in [0.15, 0.2) is 78.9 Å². The number of aromatic amines is 1. The molecule has 24 heavy (non-hydrogen) atoms. The number of imidazole rings is 1. The highest BCUT2D eigenvalue weighted by Gasteiger charge is 2.27. The second-order valence-electron chi connectivity index (χ2n) is 5.42. The number of H-pyrrole nitrogens is 1. The Bertz CT molecular complexity index is 945. The lowest BCUT2D eigenvalue weighted by Crippen LogP contribution is -2.23. The monoisotopic (exact) mass is 329 g/mol. The van der Waals surface area contributed by atoms with E-state index in [-0.39, 0.29) is 0 Å². The van der Waals surface area contributed by atoms with E-state index in [2.05, 4.69) is 17.1 Å². The lowest BCUT2D eigenvalue weighted by molar-refractivity contribution is -0.492. The summed E-state index contributed by atoms with van der Waals surface area (Å²) >= 11 is 6.71. The maximum absolute atomic E-state index is 6.71. The number of nitrogens with one attached hydrogen (secondary N) is 1. The number of halogens is 1. The van der Waals surface area contributed by atoms with Gasteiger partial charge >= 0.3 is 5.82 Å². The van der Waals surface area contributed by atoms with Crippen molar-refractivity contribution in [3.63, 3.8) is 0 Å². The van der Waals surface area contributed by atoms with Crippen molar-refractivity contribution in [1.82, 2.24) is 4.98 Å². The van der Waals surface area contributed by atoms with Gasteiger partial charge in [-0.2, -0.15) is 0 Å². The fourth-order valence-corrected chi connectivity index (χ4v) is 3.09. The van der Waals surface area contributed by atoms with Gasteiger partial charge in [0.05, 0.1) is 11.1 Å². The van der Waals surface area contributed by atoms with Gasteiger partial charge in [-0.25, -0.2) is 4.98 Å². The van der Waals surface area contributed by atoms with Crippen LogP contribution in [0.4, 0.5) is 0 Å². The summed E-state index contributed by atoms with van der Waals surface area (Å²) in [5, 5.41) is 0. The molecule has 0 spiro atoms. The van der Waals surface area contributed by atoms with E-state index >= 15 is 0 Å². The molecule has 0 radical (unpaired) electrons. The van der Waals surface area contributed by atoms with Crippen LogP contribution >= 0.6 is 11.8 Å². The molecule has 0 aliphatic rings. The van der Waals surface area contributed by atoms with Crippen molar-refractivity contribution in [2.45, 2.75) is 0 Å². The number of nitrogens with zero attached hydrogens (tertiary/aromatic N) is 1. The van der Waals surface area contributed by atoms with Crippen LogP contribution in [-0.4, -0.2) is 4.98 Å². The summed E-state index contributed by atoms with van der Waals surface area (Å²) < 4.78 is 1.68. The first kappa shape index (κ1) is 14.6. The zero-order chi connectivity index (χ0) is 16.4. The molecule has 0 saturated carbocycles. The summed E-state index contributed by atoms with van der Waals surface area (Å²) in [6, 6.07) is 32.1. The van der Waals surface area contributed by atoms with Crippen LogP contribution < -0.4 is 4.09 Å². The fraction of sp³-hybridized carbons (Fsp3) is 0. The molecule has 0 atom stereocenters. The molecule has 0 aliphatic heterocycles. The summed E-state index contributed by atoms with van der Waals surface area (Å²) in [4.78, 5) is 3.46. The minimum Gasteiger partial charge on any atom is -0.234 e. The van der Waals surface area contributed by atoms with Crippen LogP contribution in [-0.2, 0) is 0 Å². The third-order valence-electron chi connectivity index (χ3n) is 3.89. The normalized spacial score (nSPS) is 10.4. The Labute approximate surface area is 146 Å². The molecular weight excluding hydrogens is 316 g/mol. The molecule has 4 aromatic rings. The fourth-order valence-electron chi connectivity index (χ4n) is 2.77. The Morgan fingerprint density at radius 1 is 0.792 bits per heavy atom. The number of benzene rings is 2. The van der Waals surface area contributed by atoms with E-state index in [1.54, 1.807) is 4.09 Å². The van der Waals surface area contributed by atoms with Crippen LogP contribution in [0.2, 0.25) is 0 Å². The molecule has 0 aliphatic carbocycles. The molecule has 2 nitrogen and oxygen atoms in total. The molecule has 4 rings (SSSR count). The van der Waals surface area contributed by atoms with Gasteiger partial charge in [0.2, 0.25) is 5.69 Å². The predicted octanol–water partition coefficient (Wildman–Crippen LogP) is 4.91. The van der Waals surface area contributed by atoms with Crippen LogP contribution in [0.3, 0.4) is 0 Å². The minimum atomic E-state index is 0.836. The highest BCUT2D eigenvalue weighted by molar-refractivity contribution is 6.06. The smallest absolute Gasteiger partial charge is 0.234 e. The van der Waals surface area contributed by atoms with Gasteiger partial charge in [-0.3, -0.25) is 0 Å². The van der Waals surface area contributed by atoms with Gasteiger partial charge in [-0.15, -0.1) is 4.09 Å². The van der Waals surface area contributed by atoms with Crippen molar-refractivity contribution >= 4 is 11.8 Å². The van der Waals surface area contributed by atoms with Crippen molar-refractivity contribution in [3.8, 4) is 33.9 Å². The molecule has 114 valence electrons. The van der Waals surface area contributed by atoms with Gasteiger partial charge in [-0.05, 0) is 24.3 Å². The summed E-state index contributed by atoms with van der Waals surface area (Å²) in [6.45, 7) is 0. The lowest BCUT2D eigenvalue weighted by atomic mass is 10.1. The van der Waals surface area contributed by atoms with Gasteiger partial charge < -0.3 is 0 Å².